The highest BCUT2D eigenvalue weighted by Gasteiger charge is 2.28. The van der Waals surface area contributed by atoms with Crippen LogP contribution in [-0.4, -0.2) is 43.8 Å². The molecule has 2 heterocycles. The van der Waals surface area contributed by atoms with Crippen molar-refractivity contribution in [2.24, 2.45) is 0 Å². The number of halogens is 1. The van der Waals surface area contributed by atoms with Gasteiger partial charge in [-0.05, 0) is 50.1 Å². The molecule has 7 nitrogen and oxygen atoms in total. The summed E-state index contributed by atoms with van der Waals surface area (Å²) in [6.45, 7) is 2.41. The molecule has 0 radical (unpaired) electrons. The first-order valence-corrected chi connectivity index (χ1v) is 9.89. The largest absolute Gasteiger partial charge is 0.496 e. The van der Waals surface area contributed by atoms with Crippen LogP contribution < -0.4 is 10.1 Å². The topological polar surface area (TPSA) is 88.6 Å². The van der Waals surface area contributed by atoms with Gasteiger partial charge in [0.05, 0.1) is 23.3 Å². The van der Waals surface area contributed by atoms with Crippen LogP contribution in [0.4, 0.5) is 10.2 Å². The number of nitrogens with one attached hydrogen (secondary N) is 1. The number of nitrogens with zero attached hydrogens (tertiary/aromatic N) is 2. The molecule has 1 saturated heterocycles. The van der Waals surface area contributed by atoms with Crippen LogP contribution in [0.3, 0.4) is 0 Å². The van der Waals surface area contributed by atoms with E-state index in [1.165, 1.54) is 48.7 Å². The number of anilines is 1. The standard InChI is InChI=1S/C18H20FN3O4S/c1-12-15(19)6-8-17(20-12)21-18(23)14-11-13(5-7-16(14)26-2)27(24,25)22-9-3-4-10-22/h5-8,11H,3-4,9-10H2,1-2H3,(H,20,21,23). The van der Waals surface area contributed by atoms with Gasteiger partial charge in [-0.1, -0.05) is 0 Å². The summed E-state index contributed by atoms with van der Waals surface area (Å²) in [5, 5.41) is 2.54. The van der Waals surface area contributed by atoms with Crippen molar-refractivity contribution < 1.29 is 22.3 Å². The van der Waals surface area contributed by atoms with E-state index in [1.807, 2.05) is 0 Å². The highest BCUT2D eigenvalue weighted by atomic mass is 32.2. The molecule has 0 unspecified atom stereocenters. The predicted octanol–water partition coefficient (Wildman–Crippen LogP) is 2.57. The van der Waals surface area contributed by atoms with Gasteiger partial charge in [-0.25, -0.2) is 17.8 Å². The number of carbonyl (C=O) groups is 1. The molecule has 27 heavy (non-hydrogen) atoms. The van der Waals surface area contributed by atoms with Gasteiger partial charge >= 0.3 is 0 Å². The molecule has 0 bridgehead atoms. The van der Waals surface area contributed by atoms with Gasteiger partial charge in [0.25, 0.3) is 5.91 Å². The maximum atomic E-state index is 13.3. The number of amides is 1. The first-order valence-electron chi connectivity index (χ1n) is 8.45. The molecular weight excluding hydrogens is 373 g/mol. The van der Waals surface area contributed by atoms with E-state index >= 15 is 0 Å². The Hall–Kier alpha value is -2.52. The molecule has 3 rings (SSSR count). The number of aryl methyl sites for hydroxylation is 1. The maximum absolute atomic E-state index is 13.3. The van der Waals surface area contributed by atoms with Crippen molar-refractivity contribution in [3.8, 4) is 5.75 Å². The van der Waals surface area contributed by atoms with Gasteiger partial charge < -0.3 is 10.1 Å². The first kappa shape index (κ1) is 19.2. The summed E-state index contributed by atoms with van der Waals surface area (Å²) in [6.07, 6.45) is 1.64. The Kier molecular flexibility index (Phi) is 5.43. The monoisotopic (exact) mass is 393 g/mol. The molecule has 1 aromatic carbocycles. The van der Waals surface area contributed by atoms with Crippen molar-refractivity contribution in [1.29, 1.82) is 0 Å². The van der Waals surface area contributed by atoms with Gasteiger partial charge in [0.2, 0.25) is 10.0 Å². The Morgan fingerprint density at radius 1 is 1.22 bits per heavy atom. The number of rotatable bonds is 5. The molecule has 1 N–H and O–H groups in total. The third-order valence-electron chi connectivity index (χ3n) is 4.38. The quantitative estimate of drug-likeness (QED) is 0.843. The molecule has 1 amide bonds. The van der Waals surface area contributed by atoms with Crippen molar-refractivity contribution in [3.05, 3.63) is 47.4 Å². The van der Waals surface area contributed by atoms with Crippen LogP contribution in [0.5, 0.6) is 5.75 Å². The van der Waals surface area contributed by atoms with E-state index in [2.05, 4.69) is 10.3 Å². The third-order valence-corrected chi connectivity index (χ3v) is 6.28. The van der Waals surface area contributed by atoms with Crippen LogP contribution in [0.1, 0.15) is 28.9 Å². The molecule has 1 fully saturated rings. The Morgan fingerprint density at radius 2 is 1.93 bits per heavy atom. The Balaban J connectivity index is 1.93. The minimum atomic E-state index is -3.67. The summed E-state index contributed by atoms with van der Waals surface area (Å²) in [4.78, 5) is 16.6. The molecule has 0 aliphatic carbocycles. The van der Waals surface area contributed by atoms with Gasteiger partial charge in [0, 0.05) is 13.1 Å². The van der Waals surface area contributed by atoms with Gasteiger partial charge in [-0.2, -0.15) is 4.31 Å². The van der Waals surface area contributed by atoms with E-state index in [0.29, 0.717) is 13.1 Å². The average Bonchev–Trinajstić information content (AvgIpc) is 3.19. The second kappa shape index (κ2) is 7.61. The predicted molar refractivity (Wildman–Crippen MR) is 97.9 cm³/mol. The minimum absolute atomic E-state index is 0.0265. The number of pyridine rings is 1. The number of hydrogen-bond acceptors (Lipinski definition) is 5. The summed E-state index contributed by atoms with van der Waals surface area (Å²) in [6, 6.07) is 6.68. The van der Waals surface area contributed by atoms with Crippen molar-refractivity contribution in [2.45, 2.75) is 24.7 Å². The van der Waals surface area contributed by atoms with E-state index in [1.54, 1.807) is 0 Å². The Morgan fingerprint density at radius 3 is 2.56 bits per heavy atom. The fraction of sp³-hybridized carbons (Fsp3) is 0.333. The van der Waals surface area contributed by atoms with E-state index in [4.69, 9.17) is 4.74 Å². The fourth-order valence-electron chi connectivity index (χ4n) is 2.90. The fourth-order valence-corrected chi connectivity index (χ4v) is 4.44. The first-order chi connectivity index (χ1) is 12.8. The lowest BCUT2D eigenvalue weighted by Crippen LogP contribution is -2.28. The van der Waals surface area contributed by atoms with E-state index in [-0.39, 0.29) is 27.7 Å². The molecule has 0 spiro atoms. The molecule has 2 aromatic rings. The second-order valence-electron chi connectivity index (χ2n) is 6.19. The van der Waals surface area contributed by atoms with Crippen molar-refractivity contribution in [1.82, 2.24) is 9.29 Å². The second-order valence-corrected chi connectivity index (χ2v) is 8.13. The lowest BCUT2D eigenvalue weighted by Gasteiger charge is -2.17. The summed E-state index contributed by atoms with van der Waals surface area (Å²) < 4.78 is 45.4. The Labute approximate surface area is 157 Å². The maximum Gasteiger partial charge on any atom is 0.260 e. The molecule has 0 atom stereocenters. The lowest BCUT2D eigenvalue weighted by atomic mass is 10.2. The summed E-state index contributed by atoms with van der Waals surface area (Å²) in [5.41, 5.74) is 0.201. The molecule has 1 aromatic heterocycles. The van der Waals surface area contributed by atoms with E-state index in [0.717, 1.165) is 12.8 Å². The van der Waals surface area contributed by atoms with Crippen LogP contribution >= 0.6 is 0 Å². The average molecular weight is 393 g/mol. The van der Waals surface area contributed by atoms with Crippen molar-refractivity contribution >= 4 is 21.7 Å². The van der Waals surface area contributed by atoms with Crippen LogP contribution in [0, 0.1) is 12.7 Å². The zero-order valence-electron chi connectivity index (χ0n) is 15.0. The highest BCUT2D eigenvalue weighted by Crippen LogP contribution is 2.27. The molecular formula is C18H20FN3O4S. The molecule has 0 saturated carbocycles. The Bertz CT molecular complexity index is 973. The molecule has 1 aliphatic heterocycles. The number of aromatic nitrogens is 1. The van der Waals surface area contributed by atoms with Gasteiger partial charge in [-0.15, -0.1) is 0 Å². The normalized spacial score (nSPS) is 14.9. The van der Waals surface area contributed by atoms with Gasteiger partial charge in [0.15, 0.2) is 0 Å². The zero-order chi connectivity index (χ0) is 19.6. The van der Waals surface area contributed by atoms with Crippen molar-refractivity contribution in [3.63, 3.8) is 0 Å². The van der Waals surface area contributed by atoms with Crippen LogP contribution in [-0.2, 0) is 10.0 Å². The number of hydrogen-bond donors (Lipinski definition) is 1. The van der Waals surface area contributed by atoms with Crippen LogP contribution in [0.2, 0.25) is 0 Å². The van der Waals surface area contributed by atoms with E-state index < -0.39 is 21.7 Å². The van der Waals surface area contributed by atoms with Crippen LogP contribution in [0.25, 0.3) is 0 Å². The third kappa shape index (κ3) is 3.93. The smallest absolute Gasteiger partial charge is 0.260 e. The summed E-state index contributed by atoms with van der Waals surface area (Å²) in [5.74, 6) is -0.687. The summed E-state index contributed by atoms with van der Waals surface area (Å²) >= 11 is 0. The lowest BCUT2D eigenvalue weighted by molar-refractivity contribution is 0.102. The summed E-state index contributed by atoms with van der Waals surface area (Å²) in [7, 11) is -2.28. The number of benzene rings is 1. The molecule has 9 heteroatoms. The number of methoxy groups -OCH3 is 1. The van der Waals surface area contributed by atoms with Gasteiger partial charge in [0.1, 0.15) is 17.4 Å². The van der Waals surface area contributed by atoms with Crippen LogP contribution in [0.15, 0.2) is 35.2 Å². The number of carbonyl (C=O) groups excluding carboxylic acids is 1. The van der Waals surface area contributed by atoms with E-state index in [9.17, 15) is 17.6 Å². The SMILES string of the molecule is COc1ccc(S(=O)(=O)N2CCCC2)cc1C(=O)Nc1ccc(F)c(C)n1. The zero-order valence-corrected chi connectivity index (χ0v) is 15.8. The van der Waals surface area contributed by atoms with Gasteiger partial charge in [-0.3, -0.25) is 4.79 Å². The van der Waals surface area contributed by atoms with Crippen molar-refractivity contribution in [2.75, 3.05) is 25.5 Å². The number of sulfonamides is 1. The number of ether oxygens (including phenoxy) is 1. The molecule has 144 valence electrons. The molecule has 1 aliphatic rings. The minimum Gasteiger partial charge on any atom is -0.496 e. The highest BCUT2D eigenvalue weighted by molar-refractivity contribution is 7.89.